The third-order valence-electron chi connectivity index (χ3n) is 5.47. The fourth-order valence-electron chi connectivity index (χ4n) is 3.77. The van der Waals surface area contributed by atoms with Crippen molar-refractivity contribution >= 4 is 11.6 Å². The highest BCUT2D eigenvalue weighted by molar-refractivity contribution is 5.79. The Hall–Kier alpha value is -3.09. The van der Waals surface area contributed by atoms with Gasteiger partial charge in [0, 0.05) is 37.9 Å². The van der Waals surface area contributed by atoms with Crippen molar-refractivity contribution in [3.8, 4) is 17.2 Å². The lowest BCUT2D eigenvalue weighted by Crippen LogP contribution is -2.40. The first-order chi connectivity index (χ1) is 15.2. The van der Waals surface area contributed by atoms with Gasteiger partial charge in [-0.15, -0.1) is 0 Å². The minimum Gasteiger partial charge on any atom is -0.497 e. The van der Waals surface area contributed by atoms with Crippen molar-refractivity contribution in [2.45, 2.75) is 19.9 Å². The van der Waals surface area contributed by atoms with Crippen LogP contribution in [0.3, 0.4) is 0 Å². The van der Waals surface area contributed by atoms with Crippen LogP contribution in [0, 0.1) is 5.92 Å². The molecule has 0 radical (unpaired) electrons. The number of guanidine groups is 1. The van der Waals surface area contributed by atoms with Crippen LogP contribution in [-0.4, -0.2) is 53.5 Å². The summed E-state index contributed by atoms with van der Waals surface area (Å²) < 4.78 is 16.1. The highest BCUT2D eigenvalue weighted by Gasteiger charge is 2.23. The van der Waals surface area contributed by atoms with Crippen LogP contribution >= 0.6 is 0 Å². The van der Waals surface area contributed by atoms with E-state index in [1.165, 1.54) is 5.69 Å². The number of benzene rings is 2. The Bertz CT molecular complexity index is 872. The standard InChI is InChI=1S/C24H34N4O3/c1-5-25-24(26-15-18-9-10-22(30-3)23(13-18)31-4)27-16-19-11-12-28(17-19)20-7-6-8-21(14-20)29-2/h6-10,13-14,19H,5,11-12,15-17H2,1-4H3,(H2,25,26,27). The number of methoxy groups -OCH3 is 3. The molecule has 1 heterocycles. The molecular formula is C24H34N4O3. The molecule has 1 aliphatic heterocycles. The molecule has 0 aliphatic carbocycles. The maximum Gasteiger partial charge on any atom is 0.191 e. The zero-order valence-electron chi connectivity index (χ0n) is 19.0. The molecule has 1 saturated heterocycles. The second-order valence-corrected chi connectivity index (χ2v) is 7.57. The normalized spacial score (nSPS) is 16.2. The van der Waals surface area contributed by atoms with Gasteiger partial charge in [-0.05, 0) is 49.1 Å². The van der Waals surface area contributed by atoms with Gasteiger partial charge in [-0.1, -0.05) is 12.1 Å². The zero-order chi connectivity index (χ0) is 22.1. The van der Waals surface area contributed by atoms with Crippen LogP contribution < -0.4 is 29.7 Å². The van der Waals surface area contributed by atoms with E-state index in [1.54, 1.807) is 21.3 Å². The van der Waals surface area contributed by atoms with Gasteiger partial charge in [-0.3, -0.25) is 0 Å². The number of nitrogens with zero attached hydrogens (tertiary/aromatic N) is 2. The van der Waals surface area contributed by atoms with Crippen LogP contribution in [0.1, 0.15) is 18.9 Å². The van der Waals surface area contributed by atoms with E-state index < -0.39 is 0 Å². The van der Waals surface area contributed by atoms with E-state index in [9.17, 15) is 0 Å². The van der Waals surface area contributed by atoms with E-state index >= 15 is 0 Å². The smallest absolute Gasteiger partial charge is 0.191 e. The number of aliphatic imine (C=N–C) groups is 1. The van der Waals surface area contributed by atoms with Gasteiger partial charge < -0.3 is 29.7 Å². The average Bonchev–Trinajstić information content (AvgIpc) is 3.29. The van der Waals surface area contributed by atoms with Crippen LogP contribution in [0.15, 0.2) is 47.5 Å². The minimum atomic E-state index is 0.566. The second-order valence-electron chi connectivity index (χ2n) is 7.57. The Labute approximate surface area is 185 Å². The highest BCUT2D eigenvalue weighted by atomic mass is 16.5. The average molecular weight is 427 g/mol. The molecule has 31 heavy (non-hydrogen) atoms. The maximum absolute atomic E-state index is 5.39. The Kier molecular flexibility index (Phi) is 8.27. The summed E-state index contributed by atoms with van der Waals surface area (Å²) >= 11 is 0. The van der Waals surface area contributed by atoms with Gasteiger partial charge in [0.05, 0.1) is 27.9 Å². The summed E-state index contributed by atoms with van der Waals surface area (Å²) in [4.78, 5) is 7.16. The third kappa shape index (κ3) is 6.20. The molecule has 1 atom stereocenters. The Morgan fingerprint density at radius 3 is 2.61 bits per heavy atom. The van der Waals surface area contributed by atoms with E-state index in [2.05, 4.69) is 34.6 Å². The molecule has 2 aromatic rings. The largest absolute Gasteiger partial charge is 0.497 e. The summed E-state index contributed by atoms with van der Waals surface area (Å²) in [7, 11) is 4.99. The summed E-state index contributed by atoms with van der Waals surface area (Å²) in [5, 5.41) is 6.85. The number of nitrogens with one attached hydrogen (secondary N) is 2. The van der Waals surface area contributed by atoms with E-state index in [0.717, 1.165) is 61.4 Å². The van der Waals surface area contributed by atoms with Crippen LogP contribution in [0.4, 0.5) is 5.69 Å². The topological polar surface area (TPSA) is 67.4 Å². The van der Waals surface area contributed by atoms with Gasteiger partial charge in [0.1, 0.15) is 5.75 Å². The minimum absolute atomic E-state index is 0.566. The lowest BCUT2D eigenvalue weighted by Gasteiger charge is -2.20. The number of ether oxygens (including phenoxy) is 3. The molecule has 7 heteroatoms. The number of rotatable bonds is 9. The van der Waals surface area contributed by atoms with Gasteiger partial charge >= 0.3 is 0 Å². The predicted molar refractivity (Wildman–Crippen MR) is 126 cm³/mol. The number of hydrogen-bond acceptors (Lipinski definition) is 5. The van der Waals surface area contributed by atoms with Crippen molar-refractivity contribution in [3.05, 3.63) is 48.0 Å². The van der Waals surface area contributed by atoms with Gasteiger partial charge in [-0.2, -0.15) is 0 Å². The molecule has 168 valence electrons. The van der Waals surface area contributed by atoms with Crippen molar-refractivity contribution in [2.24, 2.45) is 10.9 Å². The van der Waals surface area contributed by atoms with E-state index in [4.69, 9.17) is 19.2 Å². The summed E-state index contributed by atoms with van der Waals surface area (Å²) in [6, 6.07) is 14.2. The first-order valence-electron chi connectivity index (χ1n) is 10.8. The summed E-state index contributed by atoms with van der Waals surface area (Å²) in [5.41, 5.74) is 2.29. The summed E-state index contributed by atoms with van der Waals surface area (Å²) in [5.74, 6) is 3.74. The van der Waals surface area contributed by atoms with E-state index in [1.807, 2.05) is 30.3 Å². The maximum atomic E-state index is 5.39. The van der Waals surface area contributed by atoms with Crippen molar-refractivity contribution in [1.82, 2.24) is 10.6 Å². The van der Waals surface area contributed by atoms with E-state index in [0.29, 0.717) is 12.5 Å². The lowest BCUT2D eigenvalue weighted by atomic mass is 10.1. The molecule has 0 saturated carbocycles. The molecular weight excluding hydrogens is 392 g/mol. The zero-order valence-corrected chi connectivity index (χ0v) is 19.0. The molecule has 2 N–H and O–H groups in total. The fraction of sp³-hybridized carbons (Fsp3) is 0.458. The van der Waals surface area contributed by atoms with E-state index in [-0.39, 0.29) is 0 Å². The van der Waals surface area contributed by atoms with Crippen LogP contribution in [0.25, 0.3) is 0 Å². The first-order valence-corrected chi connectivity index (χ1v) is 10.8. The van der Waals surface area contributed by atoms with Gasteiger partial charge in [0.2, 0.25) is 0 Å². The molecule has 2 aromatic carbocycles. The fourth-order valence-corrected chi connectivity index (χ4v) is 3.77. The Balaban J connectivity index is 1.55. The Morgan fingerprint density at radius 1 is 1.03 bits per heavy atom. The monoisotopic (exact) mass is 426 g/mol. The molecule has 3 rings (SSSR count). The molecule has 7 nitrogen and oxygen atoms in total. The van der Waals surface area contributed by atoms with Crippen LogP contribution in [0.5, 0.6) is 17.2 Å². The van der Waals surface area contributed by atoms with Crippen molar-refractivity contribution in [2.75, 3.05) is 52.4 Å². The van der Waals surface area contributed by atoms with Crippen molar-refractivity contribution in [3.63, 3.8) is 0 Å². The molecule has 1 fully saturated rings. The van der Waals surface area contributed by atoms with Crippen LogP contribution in [0.2, 0.25) is 0 Å². The second kappa shape index (κ2) is 11.3. The van der Waals surface area contributed by atoms with Crippen molar-refractivity contribution < 1.29 is 14.2 Å². The Morgan fingerprint density at radius 2 is 1.87 bits per heavy atom. The molecule has 0 aromatic heterocycles. The van der Waals surface area contributed by atoms with Gasteiger partial charge in [0.25, 0.3) is 0 Å². The molecule has 0 amide bonds. The molecule has 1 unspecified atom stereocenters. The third-order valence-corrected chi connectivity index (χ3v) is 5.47. The quantitative estimate of drug-likeness (QED) is 0.474. The lowest BCUT2D eigenvalue weighted by molar-refractivity contribution is 0.354. The predicted octanol–water partition coefficient (Wildman–Crippen LogP) is 3.29. The number of anilines is 1. The van der Waals surface area contributed by atoms with Gasteiger partial charge in [0.15, 0.2) is 17.5 Å². The molecule has 1 aliphatic rings. The summed E-state index contributed by atoms with van der Waals surface area (Å²) in [6.07, 6.45) is 1.15. The summed E-state index contributed by atoms with van der Waals surface area (Å²) in [6.45, 7) is 6.43. The van der Waals surface area contributed by atoms with Crippen molar-refractivity contribution in [1.29, 1.82) is 0 Å². The highest BCUT2D eigenvalue weighted by Crippen LogP contribution is 2.28. The molecule has 0 bridgehead atoms. The van der Waals surface area contributed by atoms with Crippen LogP contribution in [-0.2, 0) is 6.54 Å². The van der Waals surface area contributed by atoms with Gasteiger partial charge in [-0.25, -0.2) is 4.99 Å². The molecule has 0 spiro atoms. The first kappa shape index (κ1) is 22.6. The number of hydrogen-bond donors (Lipinski definition) is 2. The SMILES string of the molecule is CCNC(=NCc1ccc(OC)c(OC)c1)NCC1CCN(c2cccc(OC)c2)C1.